The first-order valence-corrected chi connectivity index (χ1v) is 11.2. The molecule has 0 bridgehead atoms. The van der Waals surface area contributed by atoms with Crippen molar-refractivity contribution in [1.82, 2.24) is 4.98 Å². The highest BCUT2D eigenvalue weighted by molar-refractivity contribution is 7.21. The van der Waals surface area contributed by atoms with E-state index < -0.39 is 5.97 Å². The number of rotatable bonds is 5. The molecular formula is C21H14Cl2N2O3S2. The van der Waals surface area contributed by atoms with E-state index in [1.807, 2.05) is 24.3 Å². The van der Waals surface area contributed by atoms with Crippen LogP contribution in [0.2, 0.25) is 10.0 Å². The van der Waals surface area contributed by atoms with Gasteiger partial charge in [-0.2, -0.15) is 0 Å². The predicted molar refractivity (Wildman–Crippen MR) is 122 cm³/mol. The highest BCUT2D eigenvalue weighted by atomic mass is 35.5. The molecule has 2 aromatic heterocycles. The zero-order chi connectivity index (χ0) is 21.3. The van der Waals surface area contributed by atoms with Crippen LogP contribution in [0.25, 0.3) is 10.1 Å². The molecule has 2 heterocycles. The molecule has 152 valence electrons. The third-order valence-corrected chi connectivity index (χ3v) is 6.95. The molecule has 0 saturated heterocycles. The fraction of sp³-hybridized carbons (Fsp3) is 0.0952. The van der Waals surface area contributed by atoms with Gasteiger partial charge in [-0.3, -0.25) is 9.69 Å². The van der Waals surface area contributed by atoms with Crippen molar-refractivity contribution in [2.45, 2.75) is 13.5 Å². The summed E-state index contributed by atoms with van der Waals surface area (Å²) in [4.78, 5) is 31.0. The standard InChI is InChI=1S/C21H14Cl2N2O3S2/c1-12(26)25(15-6-4-5-13(22)9-15)21-24-14(11-29-21)10-28-20(27)19-18(23)16-7-2-3-8-17(16)30-19/h2-9,11H,10H2,1H3. The van der Waals surface area contributed by atoms with Gasteiger partial charge in [-0.25, -0.2) is 9.78 Å². The monoisotopic (exact) mass is 476 g/mol. The number of anilines is 2. The van der Waals surface area contributed by atoms with E-state index in [-0.39, 0.29) is 12.5 Å². The van der Waals surface area contributed by atoms with Crippen LogP contribution < -0.4 is 4.90 Å². The van der Waals surface area contributed by atoms with Crippen molar-refractivity contribution >= 4 is 78.7 Å². The number of hydrogen-bond donors (Lipinski definition) is 0. The second kappa shape index (κ2) is 8.73. The highest BCUT2D eigenvalue weighted by Gasteiger charge is 2.21. The second-order valence-electron chi connectivity index (χ2n) is 6.27. The molecule has 0 fully saturated rings. The molecule has 0 spiro atoms. The molecule has 5 nitrogen and oxygen atoms in total. The van der Waals surface area contributed by atoms with Crippen LogP contribution in [0.3, 0.4) is 0 Å². The Morgan fingerprint density at radius 2 is 1.93 bits per heavy atom. The van der Waals surface area contributed by atoms with E-state index in [4.69, 9.17) is 27.9 Å². The summed E-state index contributed by atoms with van der Waals surface area (Å²) in [6.07, 6.45) is 0. The van der Waals surface area contributed by atoms with Crippen LogP contribution in [-0.2, 0) is 16.1 Å². The molecule has 2 aromatic carbocycles. The summed E-state index contributed by atoms with van der Waals surface area (Å²) in [5, 5.41) is 3.95. The lowest BCUT2D eigenvalue weighted by atomic mass is 10.2. The number of ether oxygens (including phenoxy) is 1. The maximum Gasteiger partial charge on any atom is 0.350 e. The van der Waals surface area contributed by atoms with Crippen molar-refractivity contribution in [3.8, 4) is 0 Å². The van der Waals surface area contributed by atoms with E-state index in [0.29, 0.717) is 31.4 Å². The van der Waals surface area contributed by atoms with Gasteiger partial charge in [0.2, 0.25) is 5.91 Å². The van der Waals surface area contributed by atoms with Crippen LogP contribution >= 0.6 is 45.9 Å². The minimum Gasteiger partial charge on any atom is -0.455 e. The number of thiazole rings is 1. The number of carbonyl (C=O) groups excluding carboxylic acids is 2. The molecule has 0 unspecified atom stereocenters. The number of benzene rings is 2. The first-order valence-electron chi connectivity index (χ1n) is 8.79. The lowest BCUT2D eigenvalue weighted by Gasteiger charge is -2.18. The average Bonchev–Trinajstić information content (AvgIpc) is 3.31. The van der Waals surface area contributed by atoms with Crippen molar-refractivity contribution in [3.63, 3.8) is 0 Å². The van der Waals surface area contributed by atoms with Crippen LogP contribution in [0.5, 0.6) is 0 Å². The molecule has 0 atom stereocenters. The highest BCUT2D eigenvalue weighted by Crippen LogP contribution is 2.36. The first kappa shape index (κ1) is 20.8. The van der Waals surface area contributed by atoms with Gasteiger partial charge in [0.25, 0.3) is 0 Å². The molecule has 0 aliphatic rings. The number of esters is 1. The van der Waals surface area contributed by atoms with Gasteiger partial charge >= 0.3 is 5.97 Å². The number of hydrogen-bond acceptors (Lipinski definition) is 6. The predicted octanol–water partition coefficient (Wildman–Crippen LogP) is 6.71. The minimum absolute atomic E-state index is 0.0266. The summed E-state index contributed by atoms with van der Waals surface area (Å²) in [7, 11) is 0. The topological polar surface area (TPSA) is 59.5 Å². The summed E-state index contributed by atoms with van der Waals surface area (Å²) in [5.74, 6) is -0.707. The van der Waals surface area contributed by atoms with E-state index in [2.05, 4.69) is 4.98 Å². The average molecular weight is 477 g/mol. The Balaban J connectivity index is 1.50. The van der Waals surface area contributed by atoms with E-state index in [1.165, 1.54) is 34.5 Å². The Morgan fingerprint density at radius 3 is 2.67 bits per heavy atom. The molecule has 1 amide bonds. The van der Waals surface area contributed by atoms with Gasteiger partial charge < -0.3 is 4.74 Å². The van der Waals surface area contributed by atoms with E-state index >= 15 is 0 Å². The Labute approximate surface area is 190 Å². The van der Waals surface area contributed by atoms with Crippen molar-refractivity contribution in [3.05, 3.63) is 74.5 Å². The Bertz CT molecular complexity index is 1250. The van der Waals surface area contributed by atoms with Gasteiger partial charge in [0.05, 0.1) is 16.4 Å². The van der Waals surface area contributed by atoms with E-state index in [9.17, 15) is 9.59 Å². The summed E-state index contributed by atoms with van der Waals surface area (Å²) < 4.78 is 6.33. The molecule has 9 heteroatoms. The number of amides is 1. The molecule has 4 rings (SSSR count). The zero-order valence-electron chi connectivity index (χ0n) is 15.6. The number of aromatic nitrogens is 1. The Kier molecular flexibility index (Phi) is 6.06. The van der Waals surface area contributed by atoms with Gasteiger partial charge in [-0.1, -0.05) is 47.5 Å². The SMILES string of the molecule is CC(=O)N(c1cccc(Cl)c1)c1nc(COC(=O)c2sc3ccccc3c2Cl)cs1. The molecule has 0 radical (unpaired) electrons. The normalized spacial score (nSPS) is 10.9. The molecule has 30 heavy (non-hydrogen) atoms. The van der Waals surface area contributed by atoms with Gasteiger partial charge in [0.15, 0.2) is 5.13 Å². The molecule has 0 aliphatic carbocycles. The summed E-state index contributed by atoms with van der Waals surface area (Å²) in [6, 6.07) is 14.5. The number of fused-ring (bicyclic) bond motifs is 1. The van der Waals surface area contributed by atoms with Crippen LogP contribution in [0, 0.1) is 0 Å². The number of halogens is 2. The van der Waals surface area contributed by atoms with Crippen molar-refractivity contribution in [2.24, 2.45) is 0 Å². The van der Waals surface area contributed by atoms with E-state index in [0.717, 1.165) is 10.1 Å². The Morgan fingerprint density at radius 1 is 1.13 bits per heavy atom. The Hall–Kier alpha value is -2.45. The lowest BCUT2D eigenvalue weighted by molar-refractivity contribution is -0.115. The van der Waals surface area contributed by atoms with Gasteiger partial charge in [0.1, 0.15) is 11.5 Å². The molecular weight excluding hydrogens is 463 g/mol. The zero-order valence-corrected chi connectivity index (χ0v) is 18.7. The molecule has 0 N–H and O–H groups in total. The van der Waals surface area contributed by atoms with Crippen molar-refractivity contribution in [2.75, 3.05) is 4.90 Å². The summed E-state index contributed by atoms with van der Waals surface area (Å²) in [6.45, 7) is 1.42. The van der Waals surface area contributed by atoms with Crippen molar-refractivity contribution in [1.29, 1.82) is 0 Å². The van der Waals surface area contributed by atoms with Crippen LogP contribution in [0.1, 0.15) is 22.3 Å². The third-order valence-electron chi connectivity index (χ3n) is 4.18. The van der Waals surface area contributed by atoms with Crippen LogP contribution in [0.15, 0.2) is 53.9 Å². The number of thiophene rings is 1. The lowest BCUT2D eigenvalue weighted by Crippen LogP contribution is -2.22. The summed E-state index contributed by atoms with van der Waals surface area (Å²) >= 11 is 15.0. The van der Waals surface area contributed by atoms with Gasteiger partial charge in [-0.15, -0.1) is 22.7 Å². The maximum absolute atomic E-state index is 12.5. The fourth-order valence-corrected chi connectivity index (χ4v) is 5.32. The quantitative estimate of drug-likeness (QED) is 0.300. The largest absolute Gasteiger partial charge is 0.455 e. The van der Waals surface area contributed by atoms with Crippen LogP contribution in [0.4, 0.5) is 10.8 Å². The minimum atomic E-state index is -0.506. The van der Waals surface area contributed by atoms with Crippen molar-refractivity contribution < 1.29 is 14.3 Å². The molecule has 0 aliphatic heterocycles. The fourth-order valence-electron chi connectivity index (χ4n) is 2.86. The van der Waals surface area contributed by atoms with Gasteiger partial charge in [0, 0.05) is 27.4 Å². The van der Waals surface area contributed by atoms with E-state index in [1.54, 1.807) is 29.6 Å². The summed E-state index contributed by atoms with van der Waals surface area (Å²) in [5.41, 5.74) is 1.15. The molecule has 0 saturated carbocycles. The second-order valence-corrected chi connectivity index (χ2v) is 8.98. The first-order chi connectivity index (χ1) is 14.4. The smallest absolute Gasteiger partial charge is 0.350 e. The van der Waals surface area contributed by atoms with Gasteiger partial charge in [-0.05, 0) is 24.3 Å². The maximum atomic E-state index is 12.5. The molecule has 4 aromatic rings. The number of nitrogens with zero attached hydrogens (tertiary/aromatic N) is 2. The number of carbonyl (C=O) groups is 2. The third kappa shape index (κ3) is 4.20. The van der Waals surface area contributed by atoms with Crippen LogP contribution in [-0.4, -0.2) is 16.9 Å².